The first-order chi connectivity index (χ1) is 8.97. The molecule has 3 N–H and O–H groups in total. The Morgan fingerprint density at radius 2 is 2.21 bits per heavy atom. The fourth-order valence-corrected chi connectivity index (χ4v) is 2.75. The Morgan fingerprint density at radius 3 is 2.74 bits per heavy atom. The third-order valence-electron chi connectivity index (χ3n) is 2.46. The van der Waals surface area contributed by atoms with Crippen molar-refractivity contribution in [1.82, 2.24) is 5.32 Å². The predicted molar refractivity (Wildman–Crippen MR) is 74.5 cm³/mol. The quantitative estimate of drug-likeness (QED) is 0.778. The van der Waals surface area contributed by atoms with Crippen LogP contribution >= 0.6 is 27.7 Å². The second-order valence-corrected chi connectivity index (χ2v) is 5.63. The van der Waals surface area contributed by atoms with E-state index in [0.717, 1.165) is 11.8 Å². The summed E-state index contributed by atoms with van der Waals surface area (Å²) in [5.41, 5.74) is 0.579. The summed E-state index contributed by atoms with van der Waals surface area (Å²) in [6, 6.07) is 3.73. The number of carboxylic acid groups (broad SMARTS) is 1. The van der Waals surface area contributed by atoms with Crippen molar-refractivity contribution in [1.29, 1.82) is 0 Å². The Hall–Kier alpha value is -1.54. The summed E-state index contributed by atoms with van der Waals surface area (Å²) in [4.78, 5) is 33.6. The molecule has 2 amide bonds. The van der Waals surface area contributed by atoms with Crippen molar-refractivity contribution in [2.45, 2.75) is 6.04 Å². The van der Waals surface area contributed by atoms with E-state index in [-0.39, 0.29) is 16.7 Å². The number of thioether (sulfide) groups is 1. The molecule has 0 radical (unpaired) electrons. The lowest BCUT2D eigenvalue weighted by Gasteiger charge is -2.11. The first-order valence-corrected chi connectivity index (χ1v) is 7.02. The summed E-state index contributed by atoms with van der Waals surface area (Å²) in [5.74, 6) is -0.990. The molecule has 1 aliphatic heterocycles. The van der Waals surface area contributed by atoms with Crippen molar-refractivity contribution in [3.05, 3.63) is 28.2 Å². The highest BCUT2D eigenvalue weighted by Crippen LogP contribution is 2.24. The minimum Gasteiger partial charge on any atom is -0.478 e. The van der Waals surface area contributed by atoms with Crippen molar-refractivity contribution >= 4 is 50.5 Å². The summed E-state index contributed by atoms with van der Waals surface area (Å²) in [7, 11) is 0. The molecule has 0 spiro atoms. The third kappa shape index (κ3) is 3.27. The van der Waals surface area contributed by atoms with E-state index in [9.17, 15) is 14.4 Å². The van der Waals surface area contributed by atoms with Gasteiger partial charge in [0.05, 0.1) is 11.3 Å². The largest absolute Gasteiger partial charge is 0.478 e. The third-order valence-corrected chi connectivity index (χ3v) is 4.00. The first-order valence-electron chi connectivity index (χ1n) is 5.24. The molecule has 1 heterocycles. The number of amides is 2. The summed E-state index contributed by atoms with van der Waals surface area (Å²) in [6.07, 6.45) is 0. The standard InChI is InChI=1S/C11H9BrN2O4S/c12-6-3-5(10(16)17)1-2-7(6)13-9(15)8-4-19-11(18)14-8/h1-3,8H,4H2,(H,13,15)(H,14,18)(H,16,17). The Bertz CT molecular complexity index is 564. The predicted octanol–water partition coefficient (Wildman–Crippen LogP) is 1.91. The Labute approximate surface area is 121 Å². The SMILES string of the molecule is O=C1NC(C(=O)Nc2ccc(C(=O)O)cc2Br)CS1. The van der Waals surface area contributed by atoms with E-state index in [1.54, 1.807) is 0 Å². The lowest BCUT2D eigenvalue weighted by Crippen LogP contribution is -2.38. The summed E-state index contributed by atoms with van der Waals surface area (Å²) >= 11 is 4.25. The molecule has 1 unspecified atom stereocenters. The number of carbonyl (C=O) groups excluding carboxylic acids is 2. The minimum atomic E-state index is -1.04. The molecule has 19 heavy (non-hydrogen) atoms. The van der Waals surface area contributed by atoms with E-state index in [1.807, 2.05) is 0 Å². The van der Waals surface area contributed by atoms with Gasteiger partial charge in [-0.3, -0.25) is 9.59 Å². The van der Waals surface area contributed by atoms with Crippen molar-refractivity contribution in [3.63, 3.8) is 0 Å². The first kappa shape index (κ1) is 13.9. The van der Waals surface area contributed by atoms with Gasteiger partial charge in [0.2, 0.25) is 5.91 Å². The van der Waals surface area contributed by atoms with Gasteiger partial charge in [-0.15, -0.1) is 0 Å². The number of anilines is 1. The average Bonchev–Trinajstić information content (AvgIpc) is 2.78. The monoisotopic (exact) mass is 344 g/mol. The van der Waals surface area contributed by atoms with Crippen LogP contribution in [0.2, 0.25) is 0 Å². The molecule has 0 saturated carbocycles. The number of halogens is 1. The fraction of sp³-hybridized carbons (Fsp3) is 0.182. The summed E-state index contributed by atoms with van der Waals surface area (Å²) < 4.78 is 0.470. The molecule has 0 bridgehead atoms. The molecule has 1 fully saturated rings. The lowest BCUT2D eigenvalue weighted by molar-refractivity contribution is -0.117. The van der Waals surface area contributed by atoms with Crippen LogP contribution in [-0.4, -0.2) is 34.0 Å². The van der Waals surface area contributed by atoms with E-state index >= 15 is 0 Å². The maximum Gasteiger partial charge on any atom is 0.335 e. The number of benzene rings is 1. The van der Waals surface area contributed by atoms with Crippen LogP contribution in [0.15, 0.2) is 22.7 Å². The zero-order chi connectivity index (χ0) is 14.0. The molecule has 8 heteroatoms. The van der Waals surface area contributed by atoms with Crippen LogP contribution in [0.4, 0.5) is 10.5 Å². The molecular formula is C11H9BrN2O4S. The van der Waals surface area contributed by atoms with E-state index < -0.39 is 12.0 Å². The van der Waals surface area contributed by atoms with Crippen LogP contribution < -0.4 is 10.6 Å². The van der Waals surface area contributed by atoms with Crippen LogP contribution in [0.25, 0.3) is 0 Å². The van der Waals surface area contributed by atoms with Crippen molar-refractivity contribution in [3.8, 4) is 0 Å². The van der Waals surface area contributed by atoms with Gasteiger partial charge in [-0.25, -0.2) is 4.79 Å². The maximum absolute atomic E-state index is 11.9. The fourth-order valence-electron chi connectivity index (χ4n) is 1.50. The van der Waals surface area contributed by atoms with Crippen LogP contribution in [0.1, 0.15) is 10.4 Å². The smallest absolute Gasteiger partial charge is 0.335 e. The van der Waals surface area contributed by atoms with Crippen LogP contribution in [0.5, 0.6) is 0 Å². The van der Waals surface area contributed by atoms with Crippen LogP contribution in [0, 0.1) is 0 Å². The molecule has 1 aliphatic rings. The zero-order valence-corrected chi connectivity index (χ0v) is 11.9. The summed E-state index contributed by atoms with van der Waals surface area (Å²) in [5, 5.41) is 13.8. The second-order valence-electron chi connectivity index (χ2n) is 3.78. The number of aromatic carboxylic acids is 1. The number of rotatable bonds is 3. The second kappa shape index (κ2) is 5.62. The molecule has 1 aromatic carbocycles. The number of hydrogen-bond acceptors (Lipinski definition) is 4. The normalized spacial score (nSPS) is 17.9. The highest BCUT2D eigenvalue weighted by molar-refractivity contribution is 9.10. The van der Waals surface area contributed by atoms with Gasteiger partial charge in [0.15, 0.2) is 0 Å². The molecular weight excluding hydrogens is 336 g/mol. The van der Waals surface area contributed by atoms with Gasteiger partial charge < -0.3 is 15.7 Å². The topological polar surface area (TPSA) is 95.5 Å². The number of nitrogens with one attached hydrogen (secondary N) is 2. The number of hydrogen-bond donors (Lipinski definition) is 3. The molecule has 0 aliphatic carbocycles. The van der Waals surface area contributed by atoms with Crippen molar-refractivity contribution < 1.29 is 19.5 Å². The molecule has 1 atom stereocenters. The number of carboxylic acids is 1. The van der Waals surface area contributed by atoms with E-state index in [0.29, 0.717) is 15.9 Å². The zero-order valence-electron chi connectivity index (χ0n) is 9.47. The van der Waals surface area contributed by atoms with Crippen LogP contribution in [-0.2, 0) is 4.79 Å². The highest BCUT2D eigenvalue weighted by atomic mass is 79.9. The minimum absolute atomic E-state index is 0.120. The van der Waals surface area contributed by atoms with Crippen molar-refractivity contribution in [2.24, 2.45) is 0 Å². The Morgan fingerprint density at radius 1 is 1.47 bits per heavy atom. The lowest BCUT2D eigenvalue weighted by atomic mass is 10.2. The van der Waals surface area contributed by atoms with Gasteiger partial charge in [0.1, 0.15) is 6.04 Å². The van der Waals surface area contributed by atoms with E-state index in [4.69, 9.17) is 5.11 Å². The molecule has 100 valence electrons. The maximum atomic E-state index is 11.9. The Balaban J connectivity index is 2.09. The highest BCUT2D eigenvalue weighted by Gasteiger charge is 2.28. The van der Waals surface area contributed by atoms with Gasteiger partial charge in [-0.2, -0.15) is 0 Å². The van der Waals surface area contributed by atoms with E-state index in [1.165, 1.54) is 18.2 Å². The van der Waals surface area contributed by atoms with E-state index in [2.05, 4.69) is 26.6 Å². The average molecular weight is 345 g/mol. The molecule has 6 nitrogen and oxygen atoms in total. The van der Waals surface area contributed by atoms with Gasteiger partial charge in [0.25, 0.3) is 5.24 Å². The van der Waals surface area contributed by atoms with Gasteiger partial charge in [-0.05, 0) is 34.1 Å². The Kier molecular flexibility index (Phi) is 4.11. The van der Waals surface area contributed by atoms with Gasteiger partial charge in [-0.1, -0.05) is 11.8 Å². The van der Waals surface area contributed by atoms with Crippen LogP contribution in [0.3, 0.4) is 0 Å². The van der Waals surface area contributed by atoms with Crippen molar-refractivity contribution in [2.75, 3.05) is 11.1 Å². The van der Waals surface area contributed by atoms with Gasteiger partial charge >= 0.3 is 5.97 Å². The molecule has 1 saturated heterocycles. The number of carbonyl (C=O) groups is 3. The molecule has 0 aromatic heterocycles. The molecule has 1 aromatic rings. The van der Waals surface area contributed by atoms with Gasteiger partial charge in [0, 0.05) is 10.2 Å². The molecule has 2 rings (SSSR count). The summed E-state index contributed by atoms with van der Waals surface area (Å²) in [6.45, 7) is 0.